The molecule has 0 aliphatic heterocycles. The van der Waals surface area contributed by atoms with Crippen LogP contribution in [0.1, 0.15) is 17.0 Å². The van der Waals surface area contributed by atoms with Gasteiger partial charge in [0.05, 0.1) is 6.21 Å². The van der Waals surface area contributed by atoms with Crippen LogP contribution in [0.5, 0.6) is 5.75 Å². The zero-order valence-electron chi connectivity index (χ0n) is 17.8. The lowest BCUT2D eigenvalue weighted by Gasteiger charge is -2.13. The van der Waals surface area contributed by atoms with Gasteiger partial charge < -0.3 is 14.2 Å². The van der Waals surface area contributed by atoms with Gasteiger partial charge in [-0.15, -0.1) is 0 Å². The first kappa shape index (κ1) is 23.1. The highest BCUT2D eigenvalue weighted by Crippen LogP contribution is 2.30. The van der Waals surface area contributed by atoms with Crippen molar-refractivity contribution >= 4 is 49.7 Å². The van der Waals surface area contributed by atoms with Crippen LogP contribution in [0.3, 0.4) is 0 Å². The van der Waals surface area contributed by atoms with Crippen molar-refractivity contribution < 1.29 is 9.53 Å². The number of hydrogen-bond acceptors (Lipinski definition) is 4. The van der Waals surface area contributed by atoms with Crippen molar-refractivity contribution in [3.8, 4) is 11.4 Å². The van der Waals surface area contributed by atoms with E-state index in [4.69, 9.17) is 4.74 Å². The third-order valence-corrected chi connectivity index (χ3v) is 6.32. The van der Waals surface area contributed by atoms with Gasteiger partial charge in [-0.1, -0.05) is 22.0 Å². The molecule has 0 radical (unpaired) electrons. The van der Waals surface area contributed by atoms with Crippen molar-refractivity contribution in [3.63, 3.8) is 0 Å². The van der Waals surface area contributed by atoms with Gasteiger partial charge in [0, 0.05) is 57.4 Å². The number of rotatable bonds is 7. The average Bonchev–Trinajstić information content (AvgIpc) is 2.96. The Kier molecular flexibility index (Phi) is 7.56. The van der Waals surface area contributed by atoms with E-state index in [1.807, 2.05) is 81.4 Å². The summed E-state index contributed by atoms with van der Waals surface area (Å²) in [5.41, 5.74) is 7.55. The maximum atomic E-state index is 12.1. The highest BCUT2D eigenvalue weighted by molar-refractivity contribution is 9.10. The number of ether oxygens (including phenoxy) is 1. The third-order valence-electron chi connectivity index (χ3n) is 4.79. The molecule has 0 saturated heterocycles. The molecule has 0 aliphatic carbocycles. The molecule has 6 nitrogen and oxygen atoms in total. The Morgan fingerprint density at radius 1 is 1.13 bits per heavy atom. The quantitative estimate of drug-likeness (QED) is 0.326. The topological polar surface area (TPSA) is 58.9 Å². The third kappa shape index (κ3) is 5.57. The molecule has 0 unspecified atom stereocenters. The number of hydrazone groups is 1. The van der Waals surface area contributed by atoms with E-state index >= 15 is 0 Å². The lowest BCUT2D eigenvalue weighted by atomic mass is 10.2. The van der Waals surface area contributed by atoms with Crippen LogP contribution in [0.2, 0.25) is 0 Å². The Morgan fingerprint density at radius 3 is 2.52 bits per heavy atom. The summed E-state index contributed by atoms with van der Waals surface area (Å²) in [5, 5.41) is 4.12. The Morgan fingerprint density at radius 2 is 1.84 bits per heavy atom. The Balaban J connectivity index is 1.65. The number of anilines is 1. The van der Waals surface area contributed by atoms with Gasteiger partial charge in [-0.25, -0.2) is 5.43 Å². The minimum absolute atomic E-state index is 0.118. The number of halogens is 2. The van der Waals surface area contributed by atoms with Gasteiger partial charge in [-0.05, 0) is 66.2 Å². The van der Waals surface area contributed by atoms with Crippen LogP contribution in [0.15, 0.2) is 62.6 Å². The molecule has 1 N–H and O–H groups in total. The van der Waals surface area contributed by atoms with Gasteiger partial charge in [0.2, 0.25) is 0 Å². The van der Waals surface area contributed by atoms with Crippen LogP contribution in [-0.4, -0.2) is 37.4 Å². The number of benzene rings is 2. The predicted octanol–water partition coefficient (Wildman–Crippen LogP) is 5.21. The summed E-state index contributed by atoms with van der Waals surface area (Å²) >= 11 is 7.12. The predicted molar refractivity (Wildman–Crippen MR) is 133 cm³/mol. The molecule has 162 valence electrons. The number of hydrogen-bond donors (Lipinski definition) is 1. The first-order valence-corrected chi connectivity index (χ1v) is 11.2. The Bertz CT molecular complexity index is 1110. The van der Waals surface area contributed by atoms with E-state index in [2.05, 4.69) is 47.0 Å². The molecule has 2 aromatic carbocycles. The van der Waals surface area contributed by atoms with E-state index in [-0.39, 0.29) is 12.5 Å². The van der Waals surface area contributed by atoms with Gasteiger partial charge >= 0.3 is 0 Å². The zero-order valence-corrected chi connectivity index (χ0v) is 21.0. The summed E-state index contributed by atoms with van der Waals surface area (Å²) in [4.78, 5) is 14.1. The summed E-state index contributed by atoms with van der Waals surface area (Å²) in [5.74, 6) is 0.301. The van der Waals surface area contributed by atoms with Crippen molar-refractivity contribution in [2.24, 2.45) is 5.10 Å². The lowest BCUT2D eigenvalue weighted by molar-refractivity contribution is -0.123. The molecule has 0 bridgehead atoms. The van der Waals surface area contributed by atoms with E-state index in [1.165, 1.54) is 0 Å². The smallest absolute Gasteiger partial charge is 0.277 e. The van der Waals surface area contributed by atoms with Gasteiger partial charge in [-0.3, -0.25) is 4.79 Å². The summed E-state index contributed by atoms with van der Waals surface area (Å²) in [6.07, 6.45) is 1.65. The molecule has 31 heavy (non-hydrogen) atoms. The summed E-state index contributed by atoms with van der Waals surface area (Å²) in [6, 6.07) is 15.7. The van der Waals surface area contributed by atoms with Crippen LogP contribution in [0.4, 0.5) is 5.69 Å². The van der Waals surface area contributed by atoms with Gasteiger partial charge in [0.1, 0.15) is 5.75 Å². The van der Waals surface area contributed by atoms with Crippen molar-refractivity contribution in [2.45, 2.75) is 13.8 Å². The maximum absolute atomic E-state index is 12.1. The van der Waals surface area contributed by atoms with E-state index in [0.717, 1.165) is 37.3 Å². The fourth-order valence-corrected chi connectivity index (χ4v) is 3.98. The van der Waals surface area contributed by atoms with E-state index in [0.29, 0.717) is 5.75 Å². The maximum Gasteiger partial charge on any atom is 0.277 e. The normalized spacial score (nSPS) is 11.0. The standard InChI is InChI=1S/C23H24Br2N4O2/c1-15-21(23(25)16(2)29(15)18-10-8-17(24)9-11-18)13-26-27-22(30)14-31-20-7-5-6-19(12-20)28(3)4/h5-13H,14H2,1-4H3,(H,27,30)/b26-13+. The van der Waals surface area contributed by atoms with Crippen molar-refractivity contribution in [1.82, 2.24) is 9.99 Å². The molecular formula is C23H24Br2N4O2. The number of aromatic nitrogens is 1. The molecule has 3 rings (SSSR count). The molecule has 0 aliphatic rings. The molecule has 0 spiro atoms. The summed E-state index contributed by atoms with van der Waals surface area (Å²) in [7, 11) is 3.90. The number of carbonyl (C=O) groups excluding carboxylic acids is 1. The first-order valence-electron chi connectivity index (χ1n) is 9.63. The Labute approximate surface area is 199 Å². The van der Waals surface area contributed by atoms with Crippen LogP contribution < -0.4 is 15.1 Å². The molecule has 8 heteroatoms. The molecule has 1 heterocycles. The van der Waals surface area contributed by atoms with E-state index in [9.17, 15) is 4.79 Å². The van der Waals surface area contributed by atoms with Crippen molar-refractivity contribution in [1.29, 1.82) is 0 Å². The van der Waals surface area contributed by atoms with Crippen LogP contribution >= 0.6 is 31.9 Å². The van der Waals surface area contributed by atoms with Gasteiger partial charge in [0.25, 0.3) is 5.91 Å². The SMILES string of the molecule is Cc1c(Br)c(/C=N/NC(=O)COc2cccc(N(C)C)c2)c(C)n1-c1ccc(Br)cc1. The molecule has 1 amide bonds. The lowest BCUT2D eigenvalue weighted by Crippen LogP contribution is -2.24. The fourth-order valence-electron chi connectivity index (χ4n) is 3.15. The van der Waals surface area contributed by atoms with Crippen LogP contribution in [0, 0.1) is 13.8 Å². The number of amides is 1. The van der Waals surface area contributed by atoms with Crippen LogP contribution in [-0.2, 0) is 4.79 Å². The fraction of sp³-hybridized carbons (Fsp3) is 0.217. The minimum Gasteiger partial charge on any atom is -0.484 e. The average molecular weight is 548 g/mol. The first-order chi connectivity index (χ1) is 14.8. The number of nitrogens with zero attached hydrogens (tertiary/aromatic N) is 3. The molecule has 0 fully saturated rings. The summed E-state index contributed by atoms with van der Waals surface area (Å²) < 4.78 is 9.67. The van der Waals surface area contributed by atoms with E-state index < -0.39 is 0 Å². The molecule has 0 saturated carbocycles. The van der Waals surface area contributed by atoms with Crippen molar-refractivity contribution in [2.75, 3.05) is 25.6 Å². The minimum atomic E-state index is -0.329. The molecular weight excluding hydrogens is 524 g/mol. The van der Waals surface area contributed by atoms with Gasteiger partial charge in [0.15, 0.2) is 6.61 Å². The second kappa shape index (κ2) is 10.2. The molecule has 3 aromatic rings. The second-order valence-electron chi connectivity index (χ2n) is 7.18. The highest BCUT2D eigenvalue weighted by Gasteiger charge is 2.15. The monoisotopic (exact) mass is 546 g/mol. The Hall–Kier alpha value is -2.58. The number of carbonyl (C=O) groups is 1. The van der Waals surface area contributed by atoms with E-state index in [1.54, 1.807) is 6.21 Å². The molecule has 1 aromatic heterocycles. The number of nitrogens with one attached hydrogen (secondary N) is 1. The second-order valence-corrected chi connectivity index (χ2v) is 8.89. The van der Waals surface area contributed by atoms with Crippen LogP contribution in [0.25, 0.3) is 5.69 Å². The van der Waals surface area contributed by atoms with Crippen molar-refractivity contribution in [3.05, 3.63) is 74.4 Å². The summed E-state index contributed by atoms with van der Waals surface area (Å²) in [6.45, 7) is 3.93. The molecule has 0 atom stereocenters. The zero-order chi connectivity index (χ0) is 22.5. The highest BCUT2D eigenvalue weighted by atomic mass is 79.9. The van der Waals surface area contributed by atoms with Gasteiger partial charge in [-0.2, -0.15) is 5.10 Å². The largest absolute Gasteiger partial charge is 0.484 e.